The topological polar surface area (TPSA) is 11.4 Å². The number of fused-ring (bicyclic) bond motifs is 1. The summed E-state index contributed by atoms with van der Waals surface area (Å²) in [5.41, 5.74) is 4.46. The summed E-state index contributed by atoms with van der Waals surface area (Å²) in [6.45, 7) is 6.09. The summed E-state index contributed by atoms with van der Waals surface area (Å²) in [7, 11) is 2.18. The molecule has 0 unspecified atom stereocenters. The van der Waals surface area contributed by atoms with E-state index in [-0.39, 0.29) is 0 Å². The molecule has 2 fully saturated rings. The van der Waals surface area contributed by atoms with Gasteiger partial charge in [0.1, 0.15) is 0 Å². The van der Waals surface area contributed by atoms with Gasteiger partial charge in [-0.1, -0.05) is 48.5 Å². The Morgan fingerprint density at radius 2 is 1.31 bits per heavy atom. The van der Waals surface area contributed by atoms with Crippen LogP contribution in [0.3, 0.4) is 0 Å². The van der Waals surface area contributed by atoms with Crippen LogP contribution in [-0.2, 0) is 7.05 Å². The lowest BCUT2D eigenvalue weighted by Crippen LogP contribution is -2.44. The van der Waals surface area contributed by atoms with Crippen LogP contribution in [0, 0.1) is 0 Å². The van der Waals surface area contributed by atoms with Crippen molar-refractivity contribution < 1.29 is 0 Å². The second kappa shape index (κ2) is 8.33. The second-order valence-electron chi connectivity index (χ2n) is 9.05. The summed E-state index contributed by atoms with van der Waals surface area (Å²) >= 11 is 0. The first-order valence-electron chi connectivity index (χ1n) is 11.3. The largest absolute Gasteiger partial charge is 0.350 e. The molecular weight excluding hydrogens is 354 g/mol. The van der Waals surface area contributed by atoms with Gasteiger partial charge in [-0.25, -0.2) is 0 Å². The molecule has 5 rings (SSSR count). The number of hydrogen-bond acceptors (Lipinski definition) is 2. The smallest absolute Gasteiger partial charge is 0.0506 e. The van der Waals surface area contributed by atoms with Crippen molar-refractivity contribution in [1.82, 2.24) is 14.4 Å². The van der Waals surface area contributed by atoms with Gasteiger partial charge in [0.05, 0.1) is 6.67 Å². The summed E-state index contributed by atoms with van der Waals surface area (Å²) in [6.07, 6.45) is 7.55. The van der Waals surface area contributed by atoms with Gasteiger partial charge in [0.2, 0.25) is 0 Å². The molecule has 0 amide bonds. The van der Waals surface area contributed by atoms with E-state index in [2.05, 4.69) is 82.2 Å². The summed E-state index contributed by atoms with van der Waals surface area (Å²) in [4.78, 5) is 5.36. The van der Waals surface area contributed by atoms with Gasteiger partial charge in [-0.05, 0) is 80.9 Å². The highest BCUT2D eigenvalue weighted by Gasteiger charge is 2.26. The molecule has 0 spiro atoms. The molecule has 0 atom stereocenters. The zero-order valence-corrected chi connectivity index (χ0v) is 17.6. The molecule has 152 valence electrons. The van der Waals surface area contributed by atoms with E-state index in [0.29, 0.717) is 5.92 Å². The highest BCUT2D eigenvalue weighted by molar-refractivity contribution is 5.84. The van der Waals surface area contributed by atoms with Crippen molar-refractivity contribution in [3.63, 3.8) is 0 Å². The molecule has 1 aromatic heterocycles. The molecule has 0 radical (unpaired) electrons. The van der Waals surface area contributed by atoms with Crippen LogP contribution >= 0.6 is 0 Å². The summed E-state index contributed by atoms with van der Waals surface area (Å²) in [5, 5.41) is 1.46. The van der Waals surface area contributed by atoms with Gasteiger partial charge in [0.25, 0.3) is 0 Å². The van der Waals surface area contributed by atoms with Crippen LogP contribution in [-0.4, -0.2) is 47.2 Å². The lowest BCUT2D eigenvalue weighted by molar-refractivity contribution is 0.0879. The third-order valence-electron chi connectivity index (χ3n) is 7.21. The fraction of sp³-hybridized carbons (Fsp3) is 0.462. The Bertz CT molecular complexity index is 929. The first-order valence-corrected chi connectivity index (χ1v) is 11.3. The van der Waals surface area contributed by atoms with Crippen molar-refractivity contribution in [2.75, 3.05) is 32.8 Å². The number of benzene rings is 2. The van der Waals surface area contributed by atoms with E-state index in [1.807, 2.05) is 0 Å². The molecular formula is C26H33N3. The molecule has 2 aliphatic heterocycles. The Hall–Kier alpha value is -2.10. The third-order valence-corrected chi connectivity index (χ3v) is 7.21. The highest BCUT2D eigenvalue weighted by Crippen LogP contribution is 2.34. The lowest BCUT2D eigenvalue weighted by atomic mass is 9.89. The lowest BCUT2D eigenvalue weighted by Gasteiger charge is -2.38. The average molecular weight is 388 g/mol. The first kappa shape index (κ1) is 18.9. The van der Waals surface area contributed by atoms with Gasteiger partial charge in [-0.2, -0.15) is 0 Å². The number of piperidine rings is 2. The van der Waals surface area contributed by atoms with Crippen LogP contribution in [0.4, 0.5) is 0 Å². The molecule has 2 saturated heterocycles. The van der Waals surface area contributed by atoms with Crippen molar-refractivity contribution in [3.8, 4) is 0 Å². The van der Waals surface area contributed by atoms with Gasteiger partial charge in [0.15, 0.2) is 0 Å². The van der Waals surface area contributed by atoms with Crippen molar-refractivity contribution in [2.24, 2.45) is 7.05 Å². The van der Waals surface area contributed by atoms with E-state index in [1.165, 1.54) is 68.3 Å². The Morgan fingerprint density at radius 3 is 2.00 bits per heavy atom. The zero-order valence-electron chi connectivity index (χ0n) is 17.6. The van der Waals surface area contributed by atoms with E-state index in [0.717, 1.165) is 12.6 Å². The monoisotopic (exact) mass is 387 g/mol. The summed E-state index contributed by atoms with van der Waals surface area (Å²) in [5.74, 6) is 1.46. The molecule has 29 heavy (non-hydrogen) atoms. The number of rotatable bonds is 4. The molecule has 0 aliphatic carbocycles. The van der Waals surface area contributed by atoms with E-state index in [4.69, 9.17) is 0 Å². The fourth-order valence-corrected chi connectivity index (χ4v) is 5.50. The van der Waals surface area contributed by atoms with Crippen molar-refractivity contribution in [3.05, 3.63) is 71.9 Å². The molecule has 3 heterocycles. The molecule has 0 saturated carbocycles. The predicted molar refractivity (Wildman–Crippen MR) is 121 cm³/mol. The maximum absolute atomic E-state index is 2.68. The van der Waals surface area contributed by atoms with Gasteiger partial charge >= 0.3 is 0 Å². The Morgan fingerprint density at radius 1 is 0.724 bits per heavy atom. The van der Waals surface area contributed by atoms with Crippen LogP contribution in [0.1, 0.15) is 48.6 Å². The normalized spacial score (nSPS) is 20.4. The van der Waals surface area contributed by atoms with Crippen molar-refractivity contribution >= 4 is 10.9 Å². The molecule has 2 aliphatic rings. The van der Waals surface area contributed by atoms with Crippen LogP contribution < -0.4 is 0 Å². The zero-order chi connectivity index (χ0) is 19.6. The van der Waals surface area contributed by atoms with E-state index < -0.39 is 0 Å². The van der Waals surface area contributed by atoms with Crippen LogP contribution in [0.15, 0.2) is 60.8 Å². The first-order chi connectivity index (χ1) is 14.3. The van der Waals surface area contributed by atoms with Gasteiger partial charge in [-0.3, -0.25) is 9.80 Å². The second-order valence-corrected chi connectivity index (χ2v) is 9.05. The maximum atomic E-state index is 2.68. The van der Waals surface area contributed by atoms with Crippen molar-refractivity contribution in [2.45, 2.75) is 37.5 Å². The number of para-hydroxylation sites is 1. The number of nitrogens with zero attached hydrogens (tertiary/aromatic N) is 3. The molecule has 0 N–H and O–H groups in total. The highest BCUT2D eigenvalue weighted by atomic mass is 15.3. The van der Waals surface area contributed by atoms with Crippen LogP contribution in [0.25, 0.3) is 10.9 Å². The number of hydrogen-bond donors (Lipinski definition) is 0. The molecule has 2 aromatic carbocycles. The molecule has 3 heteroatoms. The standard InChI is InChI=1S/C26H33N3/c1-27-19-25(24-9-5-6-10-26(24)27)23-13-17-29(18-14-23)20-28-15-11-22(12-16-28)21-7-3-2-4-8-21/h2-10,19,22-23H,11-18,20H2,1H3. The quantitative estimate of drug-likeness (QED) is 0.610. The minimum Gasteiger partial charge on any atom is -0.350 e. The van der Waals surface area contributed by atoms with Gasteiger partial charge < -0.3 is 4.57 Å². The summed E-state index contributed by atoms with van der Waals surface area (Å²) in [6, 6.07) is 20.0. The van der Waals surface area contributed by atoms with Crippen LogP contribution in [0.5, 0.6) is 0 Å². The Labute approximate surface area is 174 Å². The fourth-order valence-electron chi connectivity index (χ4n) is 5.50. The number of likely N-dealkylation sites (tertiary alicyclic amines) is 2. The minimum atomic E-state index is 0.709. The van der Waals surface area contributed by atoms with E-state index >= 15 is 0 Å². The van der Waals surface area contributed by atoms with Crippen molar-refractivity contribution in [1.29, 1.82) is 0 Å². The SMILES string of the molecule is Cn1cc(C2CCN(CN3CCC(c4ccccc4)CC3)CC2)c2ccccc21. The maximum Gasteiger partial charge on any atom is 0.0506 e. The average Bonchev–Trinajstić information content (AvgIpc) is 3.12. The predicted octanol–water partition coefficient (Wildman–Crippen LogP) is 5.19. The van der Waals surface area contributed by atoms with Gasteiger partial charge in [0, 0.05) is 24.1 Å². The number of aryl methyl sites for hydroxylation is 1. The minimum absolute atomic E-state index is 0.709. The molecule has 3 aromatic rings. The van der Waals surface area contributed by atoms with E-state index in [1.54, 1.807) is 5.56 Å². The molecule has 3 nitrogen and oxygen atoms in total. The van der Waals surface area contributed by atoms with Gasteiger partial charge in [-0.15, -0.1) is 0 Å². The number of aromatic nitrogens is 1. The Kier molecular flexibility index (Phi) is 5.43. The summed E-state index contributed by atoms with van der Waals surface area (Å²) < 4.78 is 2.30. The third kappa shape index (κ3) is 3.99. The van der Waals surface area contributed by atoms with E-state index in [9.17, 15) is 0 Å². The Balaban J connectivity index is 1.14. The molecule has 0 bridgehead atoms. The van der Waals surface area contributed by atoms with Crippen LogP contribution in [0.2, 0.25) is 0 Å².